The molecule has 1 aliphatic heterocycles. The van der Waals surface area contributed by atoms with Crippen LogP contribution < -0.4 is 20.1 Å². The number of piperidine rings is 1. The minimum absolute atomic E-state index is 0. The third-order valence-corrected chi connectivity index (χ3v) is 4.63. The second-order valence-corrected chi connectivity index (χ2v) is 6.36. The fourth-order valence-corrected chi connectivity index (χ4v) is 3.18. The lowest BCUT2D eigenvalue weighted by molar-refractivity contribution is 0.206. The number of aliphatic imine (C=N–C) groups is 1. The zero-order chi connectivity index (χ0) is 18.1. The molecular weight excluding hydrogens is 443 g/mol. The third-order valence-electron chi connectivity index (χ3n) is 4.63. The van der Waals surface area contributed by atoms with Gasteiger partial charge < -0.3 is 25.0 Å². The van der Waals surface area contributed by atoms with E-state index in [9.17, 15) is 0 Å². The monoisotopic (exact) mass is 476 g/mol. The van der Waals surface area contributed by atoms with E-state index < -0.39 is 0 Å². The molecule has 26 heavy (non-hydrogen) atoms. The summed E-state index contributed by atoms with van der Waals surface area (Å²) in [6, 6.07) is 6.34. The lowest BCUT2D eigenvalue weighted by atomic mass is 10.1. The number of nitrogens with zero attached hydrogens (tertiary/aromatic N) is 2. The number of rotatable bonds is 7. The largest absolute Gasteiger partial charge is 0.497 e. The van der Waals surface area contributed by atoms with Gasteiger partial charge in [0.2, 0.25) is 0 Å². The van der Waals surface area contributed by atoms with E-state index in [0.29, 0.717) is 12.6 Å². The number of guanidine groups is 1. The van der Waals surface area contributed by atoms with E-state index in [2.05, 4.69) is 27.4 Å². The molecular formula is C19H33IN4O2. The Labute approximate surface area is 174 Å². The van der Waals surface area contributed by atoms with Crippen LogP contribution in [0, 0.1) is 0 Å². The zero-order valence-electron chi connectivity index (χ0n) is 16.4. The van der Waals surface area contributed by atoms with Crippen molar-refractivity contribution in [2.24, 2.45) is 4.99 Å². The molecule has 1 fully saturated rings. The minimum atomic E-state index is 0. The van der Waals surface area contributed by atoms with Crippen molar-refractivity contribution in [3.05, 3.63) is 23.8 Å². The molecule has 0 saturated carbocycles. The van der Waals surface area contributed by atoms with Gasteiger partial charge in [-0.15, -0.1) is 24.0 Å². The van der Waals surface area contributed by atoms with Crippen molar-refractivity contribution in [1.82, 2.24) is 15.5 Å². The zero-order valence-corrected chi connectivity index (χ0v) is 18.7. The van der Waals surface area contributed by atoms with Gasteiger partial charge in [0.1, 0.15) is 11.5 Å². The summed E-state index contributed by atoms with van der Waals surface area (Å²) in [5.74, 6) is 2.45. The van der Waals surface area contributed by atoms with Gasteiger partial charge in [0.05, 0.1) is 14.2 Å². The van der Waals surface area contributed by atoms with Gasteiger partial charge in [-0.3, -0.25) is 4.99 Å². The highest BCUT2D eigenvalue weighted by Crippen LogP contribution is 2.24. The average Bonchev–Trinajstić information content (AvgIpc) is 2.66. The number of halogens is 1. The Balaban J connectivity index is 0.00000338. The molecule has 0 radical (unpaired) electrons. The standard InChI is InChI=1S/C19H32N4O2.HI/c1-5-10-23-11-8-16(9-12-23)22-19(20-2)21-14-15-6-7-17(24-3)13-18(15)25-4;/h6-7,13,16H,5,8-12,14H2,1-4H3,(H2,20,21,22);1H. The molecule has 1 saturated heterocycles. The Morgan fingerprint density at radius 3 is 2.54 bits per heavy atom. The highest BCUT2D eigenvalue weighted by molar-refractivity contribution is 14.0. The molecule has 0 aromatic heterocycles. The number of likely N-dealkylation sites (tertiary alicyclic amines) is 1. The van der Waals surface area contributed by atoms with E-state index in [-0.39, 0.29) is 24.0 Å². The summed E-state index contributed by atoms with van der Waals surface area (Å²) in [4.78, 5) is 6.90. The van der Waals surface area contributed by atoms with Crippen LogP contribution in [0.3, 0.4) is 0 Å². The fraction of sp³-hybridized carbons (Fsp3) is 0.632. The molecule has 2 rings (SSSR count). The molecule has 0 amide bonds. The van der Waals surface area contributed by atoms with E-state index in [1.165, 1.54) is 13.0 Å². The van der Waals surface area contributed by atoms with Crippen molar-refractivity contribution >= 4 is 29.9 Å². The van der Waals surface area contributed by atoms with Gasteiger partial charge in [-0.25, -0.2) is 0 Å². The van der Waals surface area contributed by atoms with E-state index in [0.717, 1.165) is 49.0 Å². The highest BCUT2D eigenvalue weighted by Gasteiger charge is 2.19. The average molecular weight is 476 g/mol. The fourth-order valence-electron chi connectivity index (χ4n) is 3.18. The number of hydrogen-bond acceptors (Lipinski definition) is 4. The number of methoxy groups -OCH3 is 2. The van der Waals surface area contributed by atoms with E-state index in [1.54, 1.807) is 14.2 Å². The molecule has 6 nitrogen and oxygen atoms in total. The second kappa shape index (κ2) is 12.2. The van der Waals surface area contributed by atoms with Crippen LogP contribution in [0.5, 0.6) is 11.5 Å². The molecule has 0 unspecified atom stereocenters. The van der Waals surface area contributed by atoms with Crippen LogP contribution in [0.15, 0.2) is 23.2 Å². The van der Waals surface area contributed by atoms with Crippen molar-refractivity contribution in [3.8, 4) is 11.5 Å². The maximum atomic E-state index is 5.45. The van der Waals surface area contributed by atoms with Gasteiger partial charge in [0.25, 0.3) is 0 Å². The van der Waals surface area contributed by atoms with Gasteiger partial charge in [-0.05, 0) is 37.9 Å². The smallest absolute Gasteiger partial charge is 0.191 e. The molecule has 0 atom stereocenters. The molecule has 1 aromatic rings. The summed E-state index contributed by atoms with van der Waals surface area (Å²) in [6.07, 6.45) is 3.55. The Hall–Kier alpha value is -1.22. The van der Waals surface area contributed by atoms with Crippen LogP contribution in [-0.4, -0.2) is 57.8 Å². The van der Waals surface area contributed by atoms with Gasteiger partial charge in [0, 0.05) is 44.4 Å². The topological polar surface area (TPSA) is 58.1 Å². The lowest BCUT2D eigenvalue weighted by Crippen LogP contribution is -2.48. The van der Waals surface area contributed by atoms with Crippen molar-refractivity contribution in [3.63, 3.8) is 0 Å². The first-order chi connectivity index (χ1) is 12.2. The normalized spacial score (nSPS) is 15.9. The van der Waals surface area contributed by atoms with E-state index in [4.69, 9.17) is 9.47 Å². The Morgan fingerprint density at radius 1 is 1.23 bits per heavy atom. The molecule has 0 spiro atoms. The molecule has 0 bridgehead atoms. The maximum absolute atomic E-state index is 5.45. The molecule has 2 N–H and O–H groups in total. The maximum Gasteiger partial charge on any atom is 0.191 e. The summed E-state index contributed by atoms with van der Waals surface area (Å²) in [5.41, 5.74) is 1.07. The third kappa shape index (κ3) is 6.83. The van der Waals surface area contributed by atoms with E-state index in [1.807, 2.05) is 25.2 Å². The van der Waals surface area contributed by atoms with Gasteiger partial charge in [0.15, 0.2) is 5.96 Å². The molecule has 1 heterocycles. The summed E-state index contributed by atoms with van der Waals surface area (Å²) < 4.78 is 10.7. The van der Waals surface area contributed by atoms with Crippen LogP contribution in [0.25, 0.3) is 0 Å². The molecule has 148 valence electrons. The molecule has 1 aliphatic rings. The van der Waals surface area contributed by atoms with E-state index >= 15 is 0 Å². The minimum Gasteiger partial charge on any atom is -0.497 e. The Morgan fingerprint density at radius 2 is 1.96 bits per heavy atom. The summed E-state index contributed by atoms with van der Waals surface area (Å²) in [5, 5.41) is 6.93. The first kappa shape index (κ1) is 22.8. The highest BCUT2D eigenvalue weighted by atomic mass is 127. The Kier molecular flexibility index (Phi) is 10.7. The number of hydrogen-bond donors (Lipinski definition) is 2. The number of nitrogens with one attached hydrogen (secondary N) is 2. The molecule has 7 heteroatoms. The summed E-state index contributed by atoms with van der Waals surface area (Å²) in [7, 11) is 5.15. The number of benzene rings is 1. The van der Waals surface area contributed by atoms with Gasteiger partial charge in [-0.1, -0.05) is 6.92 Å². The SMILES string of the molecule is CCCN1CCC(NC(=NC)NCc2ccc(OC)cc2OC)CC1.I. The van der Waals surface area contributed by atoms with Crippen molar-refractivity contribution < 1.29 is 9.47 Å². The number of ether oxygens (including phenoxy) is 2. The first-order valence-corrected chi connectivity index (χ1v) is 9.10. The summed E-state index contributed by atoms with van der Waals surface area (Å²) in [6.45, 7) is 6.42. The second-order valence-electron chi connectivity index (χ2n) is 6.36. The van der Waals surface area contributed by atoms with Crippen molar-refractivity contribution in [2.75, 3.05) is 40.9 Å². The Bertz CT molecular complexity index is 560. The van der Waals surface area contributed by atoms with Crippen molar-refractivity contribution in [1.29, 1.82) is 0 Å². The van der Waals surface area contributed by atoms with Crippen LogP contribution in [0.1, 0.15) is 31.7 Å². The predicted octanol–water partition coefficient (Wildman–Crippen LogP) is 2.86. The van der Waals surface area contributed by atoms with Gasteiger partial charge in [-0.2, -0.15) is 0 Å². The van der Waals surface area contributed by atoms with Crippen molar-refractivity contribution in [2.45, 2.75) is 38.8 Å². The van der Waals surface area contributed by atoms with Crippen LogP contribution >= 0.6 is 24.0 Å². The quantitative estimate of drug-likeness (QED) is 0.360. The van der Waals surface area contributed by atoms with Gasteiger partial charge >= 0.3 is 0 Å². The molecule has 1 aromatic carbocycles. The molecule has 0 aliphatic carbocycles. The summed E-state index contributed by atoms with van der Waals surface area (Å²) >= 11 is 0. The van der Waals surface area contributed by atoms with Crippen LogP contribution in [0.2, 0.25) is 0 Å². The first-order valence-electron chi connectivity index (χ1n) is 9.10. The van der Waals surface area contributed by atoms with Crippen LogP contribution in [-0.2, 0) is 6.54 Å². The lowest BCUT2D eigenvalue weighted by Gasteiger charge is -2.32. The van der Waals surface area contributed by atoms with Crippen LogP contribution in [0.4, 0.5) is 0 Å². The predicted molar refractivity (Wildman–Crippen MR) is 118 cm³/mol.